The third-order valence-corrected chi connectivity index (χ3v) is 3.15. The molecule has 1 amide bonds. The van der Waals surface area contributed by atoms with Crippen LogP contribution in [0, 0.1) is 5.92 Å². The lowest BCUT2D eigenvalue weighted by atomic mass is 9.86. The van der Waals surface area contributed by atoms with Crippen molar-refractivity contribution in [1.82, 2.24) is 5.32 Å². The van der Waals surface area contributed by atoms with Gasteiger partial charge in [0.25, 0.3) is 0 Å². The van der Waals surface area contributed by atoms with Gasteiger partial charge in [-0.2, -0.15) is 0 Å². The third-order valence-electron chi connectivity index (χ3n) is 3.15. The summed E-state index contributed by atoms with van der Waals surface area (Å²) >= 11 is 0. The van der Waals surface area contributed by atoms with Crippen LogP contribution < -0.4 is 5.32 Å². The lowest BCUT2D eigenvalue weighted by molar-refractivity contribution is -0.127. The number of amides is 1. The lowest BCUT2D eigenvalue weighted by Gasteiger charge is -2.27. The van der Waals surface area contributed by atoms with Crippen molar-refractivity contribution >= 4 is 5.91 Å². The molecule has 0 heterocycles. The van der Waals surface area contributed by atoms with Crippen LogP contribution in [0.1, 0.15) is 32.1 Å². The standard InChI is InChI=1S/C11H17NO2/c13-10-6-4-8(5-7-10)11(14)12-9-2-1-3-9/h1-2,8-10,13H,3-7H2,(H,12,14)/t8?,9-,10?/m0/s1. The molecule has 0 aromatic carbocycles. The topological polar surface area (TPSA) is 49.3 Å². The largest absolute Gasteiger partial charge is 0.393 e. The van der Waals surface area contributed by atoms with Gasteiger partial charge in [0.05, 0.1) is 12.1 Å². The fraction of sp³-hybridized carbons (Fsp3) is 0.727. The number of aliphatic hydroxyl groups is 1. The Hall–Kier alpha value is -0.830. The molecular formula is C11H17NO2. The number of hydrogen-bond donors (Lipinski definition) is 2. The fourth-order valence-electron chi connectivity index (χ4n) is 2.02. The molecule has 0 spiro atoms. The van der Waals surface area contributed by atoms with Gasteiger partial charge < -0.3 is 10.4 Å². The summed E-state index contributed by atoms with van der Waals surface area (Å²) in [7, 11) is 0. The van der Waals surface area contributed by atoms with E-state index in [0.717, 1.165) is 32.1 Å². The van der Waals surface area contributed by atoms with E-state index in [4.69, 9.17) is 0 Å². The maximum absolute atomic E-state index is 11.7. The van der Waals surface area contributed by atoms with Crippen molar-refractivity contribution in [3.8, 4) is 0 Å². The summed E-state index contributed by atoms with van der Waals surface area (Å²) in [5.74, 6) is 0.304. The van der Waals surface area contributed by atoms with Gasteiger partial charge in [-0.3, -0.25) is 4.79 Å². The first-order valence-corrected chi connectivity index (χ1v) is 5.41. The minimum atomic E-state index is -0.178. The molecule has 2 aliphatic rings. The van der Waals surface area contributed by atoms with Crippen molar-refractivity contribution in [1.29, 1.82) is 0 Å². The van der Waals surface area contributed by atoms with E-state index in [0.29, 0.717) is 0 Å². The zero-order valence-electron chi connectivity index (χ0n) is 8.28. The van der Waals surface area contributed by atoms with Crippen molar-refractivity contribution in [3.63, 3.8) is 0 Å². The smallest absolute Gasteiger partial charge is 0.223 e. The van der Waals surface area contributed by atoms with Crippen LogP contribution in [-0.2, 0) is 4.79 Å². The van der Waals surface area contributed by atoms with Gasteiger partial charge >= 0.3 is 0 Å². The minimum absolute atomic E-state index is 0.132. The first-order chi connectivity index (χ1) is 6.75. The van der Waals surface area contributed by atoms with Crippen molar-refractivity contribution in [2.75, 3.05) is 0 Å². The van der Waals surface area contributed by atoms with Crippen molar-refractivity contribution in [3.05, 3.63) is 12.2 Å². The summed E-state index contributed by atoms with van der Waals surface area (Å²) in [6.07, 6.45) is 8.11. The number of carbonyl (C=O) groups is 1. The molecule has 0 saturated heterocycles. The first kappa shape index (κ1) is 9.71. The zero-order chi connectivity index (χ0) is 9.97. The van der Waals surface area contributed by atoms with Gasteiger partial charge in [0.2, 0.25) is 5.91 Å². The Morgan fingerprint density at radius 3 is 2.43 bits per heavy atom. The summed E-state index contributed by atoms with van der Waals surface area (Å²) in [6, 6.07) is 0.273. The Morgan fingerprint density at radius 2 is 1.93 bits per heavy atom. The van der Waals surface area contributed by atoms with Crippen LogP contribution in [0.3, 0.4) is 0 Å². The Kier molecular flexibility index (Phi) is 2.87. The molecule has 3 heteroatoms. The Balaban J connectivity index is 1.77. The van der Waals surface area contributed by atoms with E-state index in [-0.39, 0.29) is 24.0 Å². The highest BCUT2D eigenvalue weighted by atomic mass is 16.3. The molecule has 1 fully saturated rings. The summed E-state index contributed by atoms with van der Waals surface area (Å²) in [5.41, 5.74) is 0. The van der Waals surface area contributed by atoms with Crippen LogP contribution in [-0.4, -0.2) is 23.2 Å². The molecule has 1 atom stereocenters. The molecule has 2 aliphatic carbocycles. The highest BCUT2D eigenvalue weighted by Gasteiger charge is 2.26. The molecule has 14 heavy (non-hydrogen) atoms. The van der Waals surface area contributed by atoms with Gasteiger partial charge in [-0.05, 0) is 32.1 Å². The zero-order valence-corrected chi connectivity index (χ0v) is 8.28. The first-order valence-electron chi connectivity index (χ1n) is 5.41. The van der Waals surface area contributed by atoms with Gasteiger partial charge in [0.15, 0.2) is 0 Å². The molecule has 0 aliphatic heterocycles. The van der Waals surface area contributed by atoms with Crippen LogP contribution in [0.15, 0.2) is 12.2 Å². The average molecular weight is 195 g/mol. The molecule has 3 nitrogen and oxygen atoms in total. The van der Waals surface area contributed by atoms with Crippen molar-refractivity contribution in [2.24, 2.45) is 5.92 Å². The second-order valence-electron chi connectivity index (χ2n) is 4.28. The molecule has 2 N–H and O–H groups in total. The Labute approximate surface area is 84.2 Å². The maximum atomic E-state index is 11.7. The number of nitrogens with one attached hydrogen (secondary N) is 1. The third kappa shape index (κ3) is 2.15. The van der Waals surface area contributed by atoms with Crippen LogP contribution in [0.25, 0.3) is 0 Å². The van der Waals surface area contributed by atoms with E-state index >= 15 is 0 Å². The van der Waals surface area contributed by atoms with Crippen LogP contribution in [0.2, 0.25) is 0 Å². The van der Waals surface area contributed by atoms with Crippen molar-refractivity contribution < 1.29 is 9.90 Å². The van der Waals surface area contributed by atoms with Crippen molar-refractivity contribution in [2.45, 2.75) is 44.2 Å². The van der Waals surface area contributed by atoms with Gasteiger partial charge in [-0.1, -0.05) is 12.2 Å². The van der Waals surface area contributed by atoms with E-state index in [9.17, 15) is 9.90 Å². The average Bonchev–Trinajstić information content (AvgIpc) is 2.12. The second kappa shape index (κ2) is 4.13. The Morgan fingerprint density at radius 1 is 1.29 bits per heavy atom. The second-order valence-corrected chi connectivity index (χ2v) is 4.28. The fourth-order valence-corrected chi connectivity index (χ4v) is 2.02. The van der Waals surface area contributed by atoms with Gasteiger partial charge in [0, 0.05) is 5.92 Å². The molecule has 78 valence electrons. The SMILES string of the molecule is O=C(N[C@H]1C=CC1)C1CCC(O)CC1. The minimum Gasteiger partial charge on any atom is -0.393 e. The van der Waals surface area contributed by atoms with Gasteiger partial charge in [0.1, 0.15) is 0 Å². The van der Waals surface area contributed by atoms with Gasteiger partial charge in [-0.25, -0.2) is 0 Å². The van der Waals surface area contributed by atoms with Crippen LogP contribution >= 0.6 is 0 Å². The molecule has 0 aromatic heterocycles. The normalized spacial score (nSPS) is 36.2. The predicted molar refractivity (Wildman–Crippen MR) is 53.7 cm³/mol. The number of hydrogen-bond acceptors (Lipinski definition) is 2. The van der Waals surface area contributed by atoms with E-state index in [1.807, 2.05) is 6.08 Å². The summed E-state index contributed by atoms with van der Waals surface area (Å²) in [4.78, 5) is 11.7. The van der Waals surface area contributed by atoms with E-state index in [1.165, 1.54) is 0 Å². The lowest BCUT2D eigenvalue weighted by Crippen LogP contribution is -2.41. The summed E-state index contributed by atoms with van der Waals surface area (Å²) in [5, 5.41) is 12.3. The molecular weight excluding hydrogens is 178 g/mol. The molecule has 0 aromatic rings. The number of aliphatic hydroxyl groups excluding tert-OH is 1. The van der Waals surface area contributed by atoms with Crippen LogP contribution in [0.4, 0.5) is 0 Å². The quantitative estimate of drug-likeness (QED) is 0.645. The summed E-state index contributed by atoms with van der Waals surface area (Å²) in [6.45, 7) is 0. The van der Waals surface area contributed by atoms with E-state index in [2.05, 4.69) is 11.4 Å². The highest BCUT2D eigenvalue weighted by Crippen LogP contribution is 2.24. The molecule has 2 rings (SSSR count). The monoisotopic (exact) mass is 195 g/mol. The number of carbonyl (C=O) groups excluding carboxylic acids is 1. The number of rotatable bonds is 2. The van der Waals surface area contributed by atoms with Crippen LogP contribution in [0.5, 0.6) is 0 Å². The molecule has 0 bridgehead atoms. The molecule has 0 unspecified atom stereocenters. The predicted octanol–water partition coefficient (Wildman–Crippen LogP) is 0.982. The molecule has 1 saturated carbocycles. The van der Waals surface area contributed by atoms with Gasteiger partial charge in [-0.15, -0.1) is 0 Å². The highest BCUT2D eigenvalue weighted by molar-refractivity contribution is 5.79. The molecule has 0 radical (unpaired) electrons. The summed E-state index contributed by atoms with van der Waals surface area (Å²) < 4.78 is 0. The van der Waals surface area contributed by atoms with E-state index in [1.54, 1.807) is 0 Å². The maximum Gasteiger partial charge on any atom is 0.223 e. The Bertz CT molecular complexity index is 242. The van der Waals surface area contributed by atoms with E-state index < -0.39 is 0 Å².